The second-order valence-corrected chi connectivity index (χ2v) is 4.83. The number of aryl methyl sites for hydroxylation is 2. The van der Waals surface area contributed by atoms with Gasteiger partial charge in [-0.25, -0.2) is 14.8 Å². The number of anilines is 1. The first-order valence-corrected chi connectivity index (χ1v) is 7.13. The Labute approximate surface area is 123 Å². The molecule has 0 saturated heterocycles. The molecule has 0 unspecified atom stereocenters. The van der Waals surface area contributed by atoms with Crippen LogP contribution in [0.1, 0.15) is 35.8 Å². The number of hydrogen-bond acceptors (Lipinski definition) is 4. The molecule has 0 aliphatic heterocycles. The summed E-state index contributed by atoms with van der Waals surface area (Å²) in [5, 5.41) is 12.3. The Balaban J connectivity index is 1.82. The van der Waals surface area contributed by atoms with Crippen molar-refractivity contribution >= 4 is 11.8 Å². The van der Waals surface area contributed by atoms with Crippen LogP contribution in [-0.4, -0.2) is 32.2 Å². The van der Waals surface area contributed by atoms with Gasteiger partial charge in [0.1, 0.15) is 5.82 Å². The highest BCUT2D eigenvalue weighted by Gasteiger charge is 2.07. The number of carboxylic acids is 1. The summed E-state index contributed by atoms with van der Waals surface area (Å²) in [6.45, 7) is 3.67. The van der Waals surface area contributed by atoms with Crippen LogP contribution >= 0.6 is 0 Å². The van der Waals surface area contributed by atoms with Crippen LogP contribution < -0.4 is 5.32 Å². The van der Waals surface area contributed by atoms with Gasteiger partial charge in [-0.15, -0.1) is 0 Å². The predicted octanol–water partition coefficient (Wildman–Crippen LogP) is 2.43. The van der Waals surface area contributed by atoms with E-state index in [4.69, 9.17) is 5.11 Å². The maximum absolute atomic E-state index is 11.1. The number of aromatic carboxylic acids is 1. The van der Waals surface area contributed by atoms with Gasteiger partial charge in [-0.2, -0.15) is 0 Å². The molecule has 6 heteroatoms. The van der Waals surface area contributed by atoms with Gasteiger partial charge >= 0.3 is 5.97 Å². The molecular weight excluding hydrogens is 268 g/mol. The third-order valence-corrected chi connectivity index (χ3v) is 3.20. The normalized spacial score (nSPS) is 10.5. The molecular formula is C15H20N4O2. The lowest BCUT2D eigenvalue weighted by Crippen LogP contribution is -2.08. The van der Waals surface area contributed by atoms with Crippen LogP contribution in [0.5, 0.6) is 0 Å². The largest absolute Gasteiger partial charge is 0.478 e. The van der Waals surface area contributed by atoms with Crippen molar-refractivity contribution < 1.29 is 9.90 Å². The number of nitrogens with one attached hydrogen (secondary N) is 1. The fourth-order valence-corrected chi connectivity index (χ4v) is 2.04. The number of unbranched alkanes of at least 4 members (excludes halogenated alkanes) is 1. The van der Waals surface area contributed by atoms with Crippen molar-refractivity contribution in [3.63, 3.8) is 0 Å². The molecule has 2 aromatic heterocycles. The van der Waals surface area contributed by atoms with Crippen molar-refractivity contribution in [1.29, 1.82) is 0 Å². The van der Waals surface area contributed by atoms with Crippen LogP contribution in [0.25, 0.3) is 0 Å². The fraction of sp³-hybridized carbons (Fsp3) is 0.400. The predicted molar refractivity (Wildman–Crippen MR) is 80.5 cm³/mol. The topological polar surface area (TPSA) is 80.0 Å². The molecule has 2 heterocycles. The van der Waals surface area contributed by atoms with Crippen LogP contribution in [0, 0.1) is 0 Å². The van der Waals surface area contributed by atoms with Gasteiger partial charge in [0.15, 0.2) is 0 Å². The van der Waals surface area contributed by atoms with Crippen LogP contribution in [-0.2, 0) is 13.0 Å². The Hall–Kier alpha value is -2.37. The highest BCUT2D eigenvalue weighted by Crippen LogP contribution is 2.11. The van der Waals surface area contributed by atoms with E-state index in [-0.39, 0.29) is 5.56 Å². The molecule has 21 heavy (non-hydrogen) atoms. The lowest BCUT2D eigenvalue weighted by molar-refractivity contribution is 0.0696. The molecule has 112 valence electrons. The monoisotopic (exact) mass is 288 g/mol. The van der Waals surface area contributed by atoms with E-state index in [2.05, 4.69) is 15.3 Å². The number of imidazole rings is 1. The molecule has 0 aliphatic rings. The molecule has 2 N–H and O–H groups in total. The first kappa shape index (κ1) is 15.0. The SMILES string of the molecule is CCc1cc(C(=O)O)cc(NCCCCn2ccnc2)n1. The Morgan fingerprint density at radius 1 is 1.38 bits per heavy atom. The van der Waals surface area contributed by atoms with Crippen LogP contribution in [0.15, 0.2) is 30.9 Å². The molecule has 0 radical (unpaired) electrons. The highest BCUT2D eigenvalue weighted by atomic mass is 16.4. The second-order valence-electron chi connectivity index (χ2n) is 4.83. The van der Waals surface area contributed by atoms with Gasteiger partial charge in [-0.1, -0.05) is 6.92 Å². The molecule has 0 bridgehead atoms. The summed E-state index contributed by atoms with van der Waals surface area (Å²) >= 11 is 0. The molecule has 0 saturated carbocycles. The lowest BCUT2D eigenvalue weighted by Gasteiger charge is -2.08. The number of pyridine rings is 1. The molecule has 2 rings (SSSR count). The quantitative estimate of drug-likeness (QED) is 0.729. The summed E-state index contributed by atoms with van der Waals surface area (Å²) < 4.78 is 2.04. The Morgan fingerprint density at radius 2 is 2.24 bits per heavy atom. The van der Waals surface area contributed by atoms with Gasteiger partial charge < -0.3 is 15.0 Å². The number of hydrogen-bond donors (Lipinski definition) is 2. The number of nitrogens with zero attached hydrogens (tertiary/aromatic N) is 3. The van der Waals surface area contributed by atoms with Gasteiger partial charge in [0, 0.05) is 31.2 Å². The van der Waals surface area contributed by atoms with E-state index in [1.54, 1.807) is 24.7 Å². The van der Waals surface area contributed by atoms with Gasteiger partial charge in [0.05, 0.1) is 11.9 Å². The maximum atomic E-state index is 11.1. The molecule has 0 amide bonds. The van der Waals surface area contributed by atoms with Gasteiger partial charge in [-0.3, -0.25) is 0 Å². The van der Waals surface area contributed by atoms with E-state index < -0.39 is 5.97 Å². The van der Waals surface area contributed by atoms with Crippen molar-refractivity contribution in [2.24, 2.45) is 0 Å². The molecule has 0 fully saturated rings. The zero-order valence-corrected chi connectivity index (χ0v) is 12.1. The van der Waals surface area contributed by atoms with E-state index >= 15 is 0 Å². The minimum atomic E-state index is -0.921. The van der Waals surface area contributed by atoms with Crippen molar-refractivity contribution in [3.05, 3.63) is 42.1 Å². The average Bonchev–Trinajstić information content (AvgIpc) is 2.99. The summed E-state index contributed by atoms with van der Waals surface area (Å²) in [7, 11) is 0. The molecule has 0 aromatic carbocycles. The summed E-state index contributed by atoms with van der Waals surface area (Å²) in [4.78, 5) is 19.5. The molecule has 0 atom stereocenters. The third kappa shape index (κ3) is 4.59. The Morgan fingerprint density at radius 3 is 2.90 bits per heavy atom. The first-order valence-electron chi connectivity index (χ1n) is 7.13. The van der Waals surface area contributed by atoms with Crippen LogP contribution in [0.2, 0.25) is 0 Å². The van der Waals surface area contributed by atoms with E-state index in [0.29, 0.717) is 5.82 Å². The number of carbonyl (C=O) groups is 1. The van der Waals surface area contributed by atoms with E-state index in [0.717, 1.165) is 38.0 Å². The lowest BCUT2D eigenvalue weighted by atomic mass is 10.2. The van der Waals surface area contributed by atoms with Crippen molar-refractivity contribution in [2.45, 2.75) is 32.7 Å². The van der Waals surface area contributed by atoms with Gasteiger partial charge in [0.2, 0.25) is 0 Å². The minimum absolute atomic E-state index is 0.280. The Bertz CT molecular complexity index is 581. The smallest absolute Gasteiger partial charge is 0.335 e. The fourth-order valence-electron chi connectivity index (χ4n) is 2.04. The molecule has 0 aliphatic carbocycles. The number of carboxylic acid groups (broad SMARTS) is 1. The third-order valence-electron chi connectivity index (χ3n) is 3.20. The van der Waals surface area contributed by atoms with Gasteiger partial charge in [0.25, 0.3) is 0 Å². The van der Waals surface area contributed by atoms with E-state index in [9.17, 15) is 4.79 Å². The molecule has 0 spiro atoms. The standard InChI is InChI=1S/C15H20N4O2/c1-2-13-9-12(15(20)21)10-14(18-13)17-5-3-4-7-19-8-6-16-11-19/h6,8-11H,2-5,7H2,1H3,(H,17,18)(H,20,21). The second kappa shape index (κ2) is 7.42. The average molecular weight is 288 g/mol. The van der Waals surface area contributed by atoms with Crippen molar-refractivity contribution in [3.8, 4) is 0 Å². The molecule has 2 aromatic rings. The van der Waals surface area contributed by atoms with Crippen LogP contribution in [0.4, 0.5) is 5.82 Å². The highest BCUT2D eigenvalue weighted by molar-refractivity contribution is 5.88. The number of aromatic nitrogens is 3. The van der Waals surface area contributed by atoms with Gasteiger partial charge in [-0.05, 0) is 31.4 Å². The maximum Gasteiger partial charge on any atom is 0.335 e. The summed E-state index contributed by atoms with van der Waals surface area (Å²) in [6, 6.07) is 3.20. The minimum Gasteiger partial charge on any atom is -0.478 e. The van der Waals surface area contributed by atoms with Crippen molar-refractivity contribution in [1.82, 2.24) is 14.5 Å². The number of rotatable bonds is 8. The molecule has 6 nitrogen and oxygen atoms in total. The zero-order valence-electron chi connectivity index (χ0n) is 12.1. The zero-order chi connectivity index (χ0) is 15.1. The first-order chi connectivity index (χ1) is 10.2. The van der Waals surface area contributed by atoms with E-state index in [1.165, 1.54) is 0 Å². The van der Waals surface area contributed by atoms with E-state index in [1.807, 2.05) is 17.7 Å². The van der Waals surface area contributed by atoms with Crippen molar-refractivity contribution in [2.75, 3.05) is 11.9 Å². The summed E-state index contributed by atoms with van der Waals surface area (Å²) in [5.41, 5.74) is 1.07. The Kier molecular flexibility index (Phi) is 5.31. The van der Waals surface area contributed by atoms with Crippen LogP contribution in [0.3, 0.4) is 0 Å². The summed E-state index contributed by atoms with van der Waals surface area (Å²) in [5.74, 6) is -0.287. The summed E-state index contributed by atoms with van der Waals surface area (Å²) in [6.07, 6.45) is 8.25.